The number of hydrogen-bond donors (Lipinski definition) is 1. The van der Waals surface area contributed by atoms with Crippen LogP contribution in [0.5, 0.6) is 0 Å². The zero-order valence-electron chi connectivity index (χ0n) is 13.8. The number of piperazine rings is 1. The molecular formula is C15H20F3N5O2. The summed E-state index contributed by atoms with van der Waals surface area (Å²) in [6.07, 6.45) is -3.63. The minimum atomic E-state index is -4.54. The van der Waals surface area contributed by atoms with Gasteiger partial charge in [-0.2, -0.15) is 18.2 Å². The van der Waals surface area contributed by atoms with Gasteiger partial charge in [0, 0.05) is 44.8 Å². The molecule has 0 unspecified atom stereocenters. The van der Waals surface area contributed by atoms with Crippen molar-refractivity contribution in [2.75, 3.05) is 49.1 Å². The number of aliphatic carboxylic acids is 1. The first-order valence-corrected chi connectivity index (χ1v) is 8.16. The Bertz CT molecular complexity index is 647. The Morgan fingerprint density at radius 3 is 2.40 bits per heavy atom. The summed E-state index contributed by atoms with van der Waals surface area (Å²) in [7, 11) is 0. The molecule has 2 fully saturated rings. The highest BCUT2D eigenvalue weighted by Crippen LogP contribution is 2.33. The third kappa shape index (κ3) is 3.94. The van der Waals surface area contributed by atoms with Gasteiger partial charge in [0.15, 0.2) is 5.69 Å². The number of carboxylic acid groups (broad SMARTS) is 1. The summed E-state index contributed by atoms with van der Waals surface area (Å²) in [6.45, 7) is 4.29. The molecule has 0 aliphatic carbocycles. The van der Waals surface area contributed by atoms with E-state index in [1.54, 1.807) is 14.7 Å². The molecule has 0 saturated carbocycles. The first-order valence-electron chi connectivity index (χ1n) is 8.16. The van der Waals surface area contributed by atoms with Gasteiger partial charge in [-0.1, -0.05) is 0 Å². The van der Waals surface area contributed by atoms with E-state index in [2.05, 4.69) is 9.97 Å². The van der Waals surface area contributed by atoms with Crippen LogP contribution in [0.1, 0.15) is 19.0 Å². The lowest BCUT2D eigenvalue weighted by atomic mass is 10.1. The minimum absolute atomic E-state index is 0.0675. The van der Waals surface area contributed by atoms with E-state index in [9.17, 15) is 18.0 Å². The highest BCUT2D eigenvalue weighted by atomic mass is 19.4. The monoisotopic (exact) mass is 359 g/mol. The van der Waals surface area contributed by atoms with Crippen LogP contribution >= 0.6 is 0 Å². The maximum atomic E-state index is 13.2. The van der Waals surface area contributed by atoms with Gasteiger partial charge in [-0.05, 0) is 13.3 Å². The van der Waals surface area contributed by atoms with Crippen LogP contribution < -0.4 is 9.80 Å². The number of hydrogen-bond acceptors (Lipinski definition) is 6. The van der Waals surface area contributed by atoms with Gasteiger partial charge in [-0.25, -0.2) is 4.98 Å². The molecule has 7 nitrogen and oxygen atoms in total. The van der Waals surface area contributed by atoms with Crippen molar-refractivity contribution >= 4 is 17.7 Å². The van der Waals surface area contributed by atoms with Crippen molar-refractivity contribution < 1.29 is 23.1 Å². The Kier molecular flexibility index (Phi) is 4.72. The largest absolute Gasteiger partial charge is 0.480 e. The van der Waals surface area contributed by atoms with Gasteiger partial charge in [0.2, 0.25) is 5.95 Å². The van der Waals surface area contributed by atoms with Crippen LogP contribution in [-0.2, 0) is 11.0 Å². The number of rotatable bonds is 4. The van der Waals surface area contributed by atoms with Crippen LogP contribution in [0.3, 0.4) is 0 Å². The third-order valence-corrected chi connectivity index (χ3v) is 4.62. The topological polar surface area (TPSA) is 72.8 Å². The van der Waals surface area contributed by atoms with E-state index >= 15 is 0 Å². The van der Waals surface area contributed by atoms with Crippen LogP contribution in [-0.4, -0.2) is 71.3 Å². The Hall–Kier alpha value is -2.10. The van der Waals surface area contributed by atoms with Crippen molar-refractivity contribution in [2.24, 2.45) is 0 Å². The van der Waals surface area contributed by atoms with Crippen molar-refractivity contribution in [3.8, 4) is 0 Å². The fourth-order valence-corrected chi connectivity index (χ4v) is 3.00. The fraction of sp³-hybridized carbons (Fsp3) is 0.667. The van der Waals surface area contributed by atoms with Crippen molar-refractivity contribution in [1.82, 2.24) is 14.9 Å². The summed E-state index contributed by atoms with van der Waals surface area (Å²) < 4.78 is 39.6. The number of nitrogens with zero attached hydrogens (tertiary/aromatic N) is 5. The van der Waals surface area contributed by atoms with Crippen molar-refractivity contribution in [3.63, 3.8) is 0 Å². The van der Waals surface area contributed by atoms with E-state index in [0.717, 1.165) is 12.5 Å². The molecule has 3 heterocycles. The van der Waals surface area contributed by atoms with Crippen LogP contribution in [0.15, 0.2) is 6.07 Å². The normalized spacial score (nSPS) is 22.0. The smallest absolute Gasteiger partial charge is 0.433 e. The fourth-order valence-electron chi connectivity index (χ4n) is 3.00. The molecule has 1 N–H and O–H groups in total. The van der Waals surface area contributed by atoms with E-state index < -0.39 is 17.8 Å². The number of anilines is 2. The second kappa shape index (κ2) is 6.66. The van der Waals surface area contributed by atoms with E-state index in [1.807, 2.05) is 6.92 Å². The SMILES string of the molecule is C[C@H]1CCN1c1nc(N2CCN(CC(=O)O)CC2)cc(C(F)(F)F)n1. The molecule has 10 heteroatoms. The average molecular weight is 359 g/mol. The maximum Gasteiger partial charge on any atom is 0.433 e. The second-order valence-corrected chi connectivity index (χ2v) is 6.40. The van der Waals surface area contributed by atoms with Gasteiger partial charge in [-0.3, -0.25) is 9.69 Å². The van der Waals surface area contributed by atoms with Gasteiger partial charge in [0.1, 0.15) is 5.82 Å². The van der Waals surface area contributed by atoms with Crippen LogP contribution in [0, 0.1) is 0 Å². The van der Waals surface area contributed by atoms with Gasteiger partial charge in [-0.15, -0.1) is 0 Å². The lowest BCUT2D eigenvalue weighted by Crippen LogP contribution is -2.49. The van der Waals surface area contributed by atoms with Crippen molar-refractivity contribution in [2.45, 2.75) is 25.6 Å². The predicted molar refractivity (Wildman–Crippen MR) is 84.7 cm³/mol. The number of alkyl halides is 3. The lowest BCUT2D eigenvalue weighted by Gasteiger charge is -2.40. The van der Waals surface area contributed by atoms with Gasteiger partial charge in [0.25, 0.3) is 0 Å². The molecule has 1 aromatic rings. The lowest BCUT2D eigenvalue weighted by molar-refractivity contribution is -0.141. The van der Waals surface area contributed by atoms with Crippen LogP contribution in [0.25, 0.3) is 0 Å². The molecule has 25 heavy (non-hydrogen) atoms. The van der Waals surface area contributed by atoms with Gasteiger partial charge >= 0.3 is 12.1 Å². The molecule has 138 valence electrons. The molecule has 0 aromatic carbocycles. The van der Waals surface area contributed by atoms with E-state index in [1.165, 1.54) is 0 Å². The molecule has 0 radical (unpaired) electrons. The van der Waals surface area contributed by atoms with Crippen molar-refractivity contribution in [1.29, 1.82) is 0 Å². The molecule has 0 bridgehead atoms. The Morgan fingerprint density at radius 2 is 1.92 bits per heavy atom. The number of aromatic nitrogens is 2. The van der Waals surface area contributed by atoms with Crippen LogP contribution in [0.2, 0.25) is 0 Å². The Balaban J connectivity index is 1.81. The maximum absolute atomic E-state index is 13.2. The number of carbonyl (C=O) groups is 1. The average Bonchev–Trinajstić information content (AvgIpc) is 2.52. The predicted octanol–water partition coefficient (Wildman–Crippen LogP) is 1.30. The zero-order valence-corrected chi connectivity index (χ0v) is 13.8. The summed E-state index contributed by atoms with van der Waals surface area (Å²) in [5.41, 5.74) is -0.945. The third-order valence-electron chi connectivity index (χ3n) is 4.62. The molecule has 2 saturated heterocycles. The highest BCUT2D eigenvalue weighted by Gasteiger charge is 2.36. The molecule has 1 atom stereocenters. The number of halogens is 3. The zero-order chi connectivity index (χ0) is 18.2. The molecule has 0 spiro atoms. The van der Waals surface area contributed by atoms with Crippen molar-refractivity contribution in [3.05, 3.63) is 11.8 Å². The molecule has 2 aliphatic heterocycles. The molecule has 2 aliphatic rings. The van der Waals surface area contributed by atoms with Crippen LogP contribution in [0.4, 0.5) is 24.9 Å². The quantitative estimate of drug-likeness (QED) is 0.869. The Labute approximate surface area is 143 Å². The first-order chi connectivity index (χ1) is 11.7. The van der Waals surface area contributed by atoms with E-state index in [0.29, 0.717) is 32.7 Å². The van der Waals surface area contributed by atoms with Gasteiger partial charge < -0.3 is 14.9 Å². The first kappa shape index (κ1) is 17.7. The molecular weight excluding hydrogens is 339 g/mol. The molecule has 0 amide bonds. The summed E-state index contributed by atoms with van der Waals surface area (Å²) in [4.78, 5) is 24.1. The van der Waals surface area contributed by atoms with Gasteiger partial charge in [0.05, 0.1) is 6.54 Å². The minimum Gasteiger partial charge on any atom is -0.480 e. The second-order valence-electron chi connectivity index (χ2n) is 6.40. The standard InChI is InChI=1S/C15H20F3N5O2/c1-10-2-3-23(10)14-19-11(15(16,17)18)8-12(20-14)22-6-4-21(5-7-22)9-13(24)25/h8,10H,2-7,9H2,1H3,(H,24,25)/t10-/m0/s1. The van der Waals surface area contributed by atoms with E-state index in [-0.39, 0.29) is 24.4 Å². The summed E-state index contributed by atoms with van der Waals surface area (Å²) in [5.74, 6) is -0.563. The summed E-state index contributed by atoms with van der Waals surface area (Å²) in [5, 5.41) is 8.82. The summed E-state index contributed by atoms with van der Waals surface area (Å²) >= 11 is 0. The Morgan fingerprint density at radius 1 is 1.24 bits per heavy atom. The van der Waals surface area contributed by atoms with E-state index in [4.69, 9.17) is 5.11 Å². The number of carboxylic acids is 1. The summed E-state index contributed by atoms with van der Waals surface area (Å²) in [6, 6.07) is 1.10. The highest BCUT2D eigenvalue weighted by molar-refractivity contribution is 5.69. The molecule has 1 aromatic heterocycles. The molecule has 3 rings (SSSR count).